The molecule has 1 fully saturated rings. The van der Waals surface area contributed by atoms with Crippen LogP contribution in [-0.2, 0) is 0 Å². The number of aryl methyl sites for hydroxylation is 1. The quantitative estimate of drug-likeness (QED) is 0.464. The van der Waals surface area contributed by atoms with Crippen LogP contribution < -0.4 is 16.2 Å². The molecular weight excluding hydrogens is 428 g/mol. The minimum absolute atomic E-state index is 0.00616. The van der Waals surface area contributed by atoms with Crippen LogP contribution in [0.5, 0.6) is 11.5 Å². The van der Waals surface area contributed by atoms with E-state index in [0.29, 0.717) is 29.1 Å². The molecule has 4 aromatic rings. The van der Waals surface area contributed by atoms with E-state index in [1.165, 1.54) is 11.9 Å². The van der Waals surface area contributed by atoms with Gasteiger partial charge in [-0.15, -0.1) is 5.92 Å². The van der Waals surface area contributed by atoms with Gasteiger partial charge >= 0.3 is 5.69 Å². The van der Waals surface area contributed by atoms with E-state index in [1.54, 1.807) is 9.13 Å². The molecule has 0 unspecified atom stereocenters. The van der Waals surface area contributed by atoms with Crippen LogP contribution in [-0.4, -0.2) is 43.6 Å². The first-order valence-electron chi connectivity index (χ1n) is 11.3. The molecule has 3 heterocycles. The summed E-state index contributed by atoms with van der Waals surface area (Å²) in [6.45, 7) is 6.18. The Hall–Kier alpha value is -4.09. The van der Waals surface area contributed by atoms with Gasteiger partial charge < -0.3 is 10.5 Å². The number of aromatic nitrogens is 4. The highest BCUT2D eigenvalue weighted by molar-refractivity contribution is 5.84. The van der Waals surface area contributed by atoms with Crippen LogP contribution in [0.2, 0.25) is 0 Å². The van der Waals surface area contributed by atoms with Crippen molar-refractivity contribution < 1.29 is 4.74 Å². The molecule has 2 N–H and O–H groups in total. The van der Waals surface area contributed by atoms with Gasteiger partial charge in [0, 0.05) is 13.1 Å². The maximum absolute atomic E-state index is 13.7. The zero-order valence-electron chi connectivity index (χ0n) is 19.2. The molecule has 0 radical (unpaired) electrons. The number of nitrogens with two attached hydrogens (primary N) is 1. The summed E-state index contributed by atoms with van der Waals surface area (Å²) >= 11 is 0. The first kappa shape index (κ1) is 21.7. The molecule has 1 saturated heterocycles. The van der Waals surface area contributed by atoms with E-state index in [4.69, 9.17) is 10.5 Å². The van der Waals surface area contributed by atoms with Gasteiger partial charge in [0.05, 0.1) is 18.3 Å². The van der Waals surface area contributed by atoms with Crippen LogP contribution >= 0.6 is 0 Å². The van der Waals surface area contributed by atoms with E-state index in [-0.39, 0.29) is 17.5 Å². The van der Waals surface area contributed by atoms with Gasteiger partial charge in [-0.25, -0.2) is 14.8 Å². The predicted molar refractivity (Wildman–Crippen MR) is 132 cm³/mol. The normalized spacial score (nSPS) is 15.9. The third kappa shape index (κ3) is 4.02. The second kappa shape index (κ2) is 9.04. The Labute approximate surface area is 197 Å². The van der Waals surface area contributed by atoms with Crippen molar-refractivity contribution in [3.8, 4) is 29.0 Å². The first-order chi connectivity index (χ1) is 16.5. The molecule has 1 aliphatic rings. The minimum atomic E-state index is -0.178. The van der Waals surface area contributed by atoms with Crippen LogP contribution in [0.3, 0.4) is 0 Å². The number of rotatable bonds is 5. The third-order valence-electron chi connectivity index (χ3n) is 6.12. The summed E-state index contributed by atoms with van der Waals surface area (Å²) in [5, 5.41) is 0. The zero-order chi connectivity index (χ0) is 23.7. The average molecular weight is 455 g/mol. The standard InChI is InChI=1S/C26H26N6O2/c1-3-4-14-30-15-13-20(16-30)32-25-23(24(27)28-17-29-25)31(26(32)33)19-7-11-22(12-8-19)34-21-9-5-18(2)6-10-21/h5-12,17,20H,13-16H2,1-2H3,(H2,27,28,29)/t20-/m1/s1. The molecule has 0 amide bonds. The summed E-state index contributed by atoms with van der Waals surface area (Å²) in [5.41, 5.74) is 8.97. The van der Waals surface area contributed by atoms with Gasteiger partial charge in [-0.1, -0.05) is 23.6 Å². The van der Waals surface area contributed by atoms with E-state index in [1.807, 2.05) is 62.4 Å². The average Bonchev–Trinajstić information content (AvgIpc) is 3.42. The van der Waals surface area contributed by atoms with Crippen molar-refractivity contribution in [3.63, 3.8) is 0 Å². The van der Waals surface area contributed by atoms with Gasteiger partial charge in [0.2, 0.25) is 0 Å². The Morgan fingerprint density at radius 1 is 1.09 bits per heavy atom. The summed E-state index contributed by atoms with van der Waals surface area (Å²) in [6.07, 6.45) is 2.25. The molecule has 8 nitrogen and oxygen atoms in total. The lowest BCUT2D eigenvalue weighted by Crippen LogP contribution is -2.29. The lowest BCUT2D eigenvalue weighted by atomic mass is 10.2. The maximum Gasteiger partial charge on any atom is 0.335 e. The molecule has 0 bridgehead atoms. The lowest BCUT2D eigenvalue weighted by Gasteiger charge is -2.13. The second-order valence-electron chi connectivity index (χ2n) is 8.43. The fraction of sp³-hybridized carbons (Fsp3) is 0.269. The summed E-state index contributed by atoms with van der Waals surface area (Å²) in [4.78, 5) is 24.5. The Balaban J connectivity index is 1.51. The fourth-order valence-corrected chi connectivity index (χ4v) is 4.40. The van der Waals surface area contributed by atoms with Crippen LogP contribution in [0.15, 0.2) is 59.7 Å². The Morgan fingerprint density at radius 2 is 1.79 bits per heavy atom. The molecule has 8 heteroatoms. The van der Waals surface area contributed by atoms with Crippen molar-refractivity contribution in [1.29, 1.82) is 0 Å². The number of hydrogen-bond donors (Lipinski definition) is 1. The van der Waals surface area contributed by atoms with E-state index in [2.05, 4.69) is 26.7 Å². The molecule has 2 aromatic carbocycles. The van der Waals surface area contributed by atoms with Crippen molar-refractivity contribution in [2.24, 2.45) is 0 Å². The van der Waals surface area contributed by atoms with Crippen molar-refractivity contribution >= 4 is 17.0 Å². The van der Waals surface area contributed by atoms with Crippen LogP contribution in [0, 0.1) is 18.8 Å². The van der Waals surface area contributed by atoms with Gasteiger partial charge in [0.25, 0.3) is 0 Å². The SMILES string of the molecule is CC#CCN1CC[C@@H](n2c(=O)n(-c3ccc(Oc4ccc(C)cc4)cc3)c3c(N)ncnc32)C1. The van der Waals surface area contributed by atoms with Crippen molar-refractivity contribution in [3.05, 3.63) is 70.9 Å². The van der Waals surface area contributed by atoms with Gasteiger partial charge in [-0.2, -0.15) is 0 Å². The molecule has 34 heavy (non-hydrogen) atoms. The van der Waals surface area contributed by atoms with Gasteiger partial charge in [0.15, 0.2) is 11.5 Å². The summed E-state index contributed by atoms with van der Waals surface area (Å²) < 4.78 is 9.28. The number of nitrogen functional groups attached to an aromatic ring is 1. The van der Waals surface area contributed by atoms with Crippen molar-refractivity contribution in [2.75, 3.05) is 25.4 Å². The number of imidazole rings is 1. The molecule has 1 aliphatic heterocycles. The highest BCUT2D eigenvalue weighted by Gasteiger charge is 2.29. The molecule has 0 spiro atoms. The molecule has 2 aromatic heterocycles. The highest BCUT2D eigenvalue weighted by Crippen LogP contribution is 2.28. The zero-order valence-corrected chi connectivity index (χ0v) is 19.2. The molecule has 172 valence electrons. The number of ether oxygens (including phenoxy) is 1. The van der Waals surface area contributed by atoms with E-state index < -0.39 is 0 Å². The van der Waals surface area contributed by atoms with Gasteiger partial charge in [0.1, 0.15) is 23.3 Å². The first-order valence-corrected chi connectivity index (χ1v) is 11.3. The summed E-state index contributed by atoms with van der Waals surface area (Å²) in [7, 11) is 0. The van der Waals surface area contributed by atoms with Crippen LogP contribution in [0.25, 0.3) is 16.9 Å². The monoisotopic (exact) mass is 454 g/mol. The number of likely N-dealkylation sites (tertiary alicyclic amines) is 1. The van der Waals surface area contributed by atoms with E-state index in [0.717, 1.165) is 25.3 Å². The molecular formula is C26H26N6O2. The Bertz CT molecular complexity index is 1440. The maximum atomic E-state index is 13.7. The third-order valence-corrected chi connectivity index (χ3v) is 6.12. The van der Waals surface area contributed by atoms with Crippen LogP contribution in [0.4, 0.5) is 5.82 Å². The minimum Gasteiger partial charge on any atom is -0.457 e. The second-order valence-corrected chi connectivity index (χ2v) is 8.43. The molecule has 0 aliphatic carbocycles. The number of nitrogens with zero attached hydrogens (tertiary/aromatic N) is 5. The van der Waals surface area contributed by atoms with E-state index >= 15 is 0 Å². The molecule has 1 atom stereocenters. The van der Waals surface area contributed by atoms with Gasteiger partial charge in [-0.05, 0) is 56.7 Å². The number of fused-ring (bicyclic) bond motifs is 1. The Morgan fingerprint density at radius 3 is 2.50 bits per heavy atom. The summed E-state index contributed by atoms with van der Waals surface area (Å²) in [5.74, 6) is 7.74. The van der Waals surface area contributed by atoms with Gasteiger partial charge in [-0.3, -0.25) is 14.0 Å². The lowest BCUT2D eigenvalue weighted by molar-refractivity contribution is 0.362. The number of benzene rings is 2. The summed E-state index contributed by atoms with van der Waals surface area (Å²) in [6, 6.07) is 15.2. The Kier molecular flexibility index (Phi) is 5.78. The van der Waals surface area contributed by atoms with Crippen molar-refractivity contribution in [1.82, 2.24) is 24.0 Å². The van der Waals surface area contributed by atoms with Crippen LogP contribution in [0.1, 0.15) is 24.9 Å². The van der Waals surface area contributed by atoms with Crippen molar-refractivity contribution in [2.45, 2.75) is 26.3 Å². The number of anilines is 1. The molecule has 0 saturated carbocycles. The smallest absolute Gasteiger partial charge is 0.335 e. The predicted octanol–water partition coefficient (Wildman–Crippen LogP) is 3.54. The molecule has 5 rings (SSSR count). The number of hydrogen-bond acceptors (Lipinski definition) is 6. The largest absolute Gasteiger partial charge is 0.457 e. The van der Waals surface area contributed by atoms with E-state index in [9.17, 15) is 4.79 Å². The fourth-order valence-electron chi connectivity index (χ4n) is 4.40. The topological polar surface area (TPSA) is 91.2 Å². The highest BCUT2D eigenvalue weighted by atomic mass is 16.5.